The first-order valence-corrected chi connectivity index (χ1v) is 7.19. The van der Waals surface area contributed by atoms with E-state index < -0.39 is 0 Å². The van der Waals surface area contributed by atoms with Crippen LogP contribution in [0.15, 0.2) is 12.3 Å². The van der Waals surface area contributed by atoms with E-state index in [0.29, 0.717) is 6.04 Å². The second kappa shape index (κ2) is 6.90. The van der Waals surface area contributed by atoms with Crippen LogP contribution >= 0.6 is 0 Å². The van der Waals surface area contributed by atoms with Crippen molar-refractivity contribution < 1.29 is 0 Å². The summed E-state index contributed by atoms with van der Waals surface area (Å²) in [4.78, 5) is 0. The molecule has 1 aromatic rings. The summed E-state index contributed by atoms with van der Waals surface area (Å²) < 4.78 is 1.87. The Balaban J connectivity index is 1.60. The lowest BCUT2D eigenvalue weighted by atomic mass is 9.99. The summed E-state index contributed by atoms with van der Waals surface area (Å²) in [6.45, 7) is 4.50. The number of piperidine rings is 1. The van der Waals surface area contributed by atoms with E-state index in [1.807, 2.05) is 17.9 Å². The zero-order valence-corrected chi connectivity index (χ0v) is 11.7. The normalized spacial score (nSPS) is 22.0. The number of nitrogens with one attached hydrogen (secondary N) is 2. The number of rotatable bonds is 6. The summed E-state index contributed by atoms with van der Waals surface area (Å²) in [5, 5.41) is 11.6. The van der Waals surface area contributed by atoms with Crippen LogP contribution in [-0.4, -0.2) is 35.0 Å². The first-order chi connectivity index (χ1) is 8.74. The van der Waals surface area contributed by atoms with E-state index >= 15 is 0 Å². The van der Waals surface area contributed by atoms with E-state index in [9.17, 15) is 0 Å². The van der Waals surface area contributed by atoms with Gasteiger partial charge in [-0.05, 0) is 38.8 Å². The second-order valence-electron chi connectivity index (χ2n) is 5.47. The van der Waals surface area contributed by atoms with Crippen molar-refractivity contribution >= 4 is 0 Å². The molecule has 102 valence electrons. The predicted molar refractivity (Wildman–Crippen MR) is 74.6 cm³/mol. The minimum absolute atomic E-state index is 0.587. The average Bonchev–Trinajstić information content (AvgIpc) is 2.76. The van der Waals surface area contributed by atoms with Crippen LogP contribution in [0.1, 0.15) is 38.3 Å². The highest BCUT2D eigenvalue weighted by Gasteiger charge is 2.15. The molecule has 0 bridgehead atoms. The Bertz CT molecular complexity index is 341. The van der Waals surface area contributed by atoms with Gasteiger partial charge >= 0.3 is 0 Å². The maximum Gasteiger partial charge on any atom is 0.0637 e. The Hall–Kier alpha value is -0.870. The molecule has 1 saturated heterocycles. The van der Waals surface area contributed by atoms with E-state index in [4.69, 9.17) is 0 Å². The molecule has 1 aromatic heterocycles. The van der Waals surface area contributed by atoms with Crippen LogP contribution in [0.3, 0.4) is 0 Å². The Morgan fingerprint density at radius 2 is 2.44 bits per heavy atom. The van der Waals surface area contributed by atoms with Gasteiger partial charge in [0, 0.05) is 38.3 Å². The van der Waals surface area contributed by atoms with Crippen molar-refractivity contribution in [3.63, 3.8) is 0 Å². The lowest BCUT2D eigenvalue weighted by molar-refractivity contribution is 0.346. The lowest BCUT2D eigenvalue weighted by Gasteiger charge is -2.26. The number of aryl methyl sites for hydroxylation is 1. The summed E-state index contributed by atoms with van der Waals surface area (Å²) in [7, 11) is 1.97. The van der Waals surface area contributed by atoms with Gasteiger partial charge in [0.05, 0.1) is 5.69 Å². The molecule has 1 fully saturated rings. The molecule has 2 heterocycles. The molecule has 4 heteroatoms. The zero-order valence-electron chi connectivity index (χ0n) is 11.7. The van der Waals surface area contributed by atoms with Crippen molar-refractivity contribution in [2.75, 3.05) is 13.1 Å². The molecule has 0 spiro atoms. The molecular weight excluding hydrogens is 224 g/mol. The summed E-state index contributed by atoms with van der Waals surface area (Å²) >= 11 is 0. The highest BCUT2D eigenvalue weighted by molar-refractivity contribution is 4.99. The van der Waals surface area contributed by atoms with Gasteiger partial charge in [-0.25, -0.2) is 0 Å². The van der Waals surface area contributed by atoms with Gasteiger partial charge in [-0.3, -0.25) is 4.68 Å². The third-order valence-corrected chi connectivity index (χ3v) is 3.69. The van der Waals surface area contributed by atoms with E-state index in [2.05, 4.69) is 28.7 Å². The lowest BCUT2D eigenvalue weighted by Crippen LogP contribution is -2.40. The van der Waals surface area contributed by atoms with Crippen LogP contribution in [0.2, 0.25) is 0 Å². The molecule has 0 saturated carbocycles. The maximum absolute atomic E-state index is 4.39. The van der Waals surface area contributed by atoms with Crippen LogP contribution in [0.25, 0.3) is 0 Å². The van der Waals surface area contributed by atoms with Gasteiger partial charge in [-0.1, -0.05) is 6.42 Å². The fourth-order valence-corrected chi connectivity index (χ4v) is 2.68. The average molecular weight is 250 g/mol. The Labute approximate surface area is 110 Å². The molecular formula is C14H26N4. The van der Waals surface area contributed by atoms with Gasteiger partial charge in [-0.15, -0.1) is 0 Å². The smallest absolute Gasteiger partial charge is 0.0637 e. The molecule has 18 heavy (non-hydrogen) atoms. The van der Waals surface area contributed by atoms with Crippen LogP contribution in [0.4, 0.5) is 0 Å². The van der Waals surface area contributed by atoms with Crippen LogP contribution in [0.5, 0.6) is 0 Å². The van der Waals surface area contributed by atoms with Crippen molar-refractivity contribution in [1.82, 2.24) is 20.4 Å². The number of hydrogen-bond acceptors (Lipinski definition) is 3. The first-order valence-electron chi connectivity index (χ1n) is 7.19. The fraction of sp³-hybridized carbons (Fsp3) is 0.786. The van der Waals surface area contributed by atoms with Crippen LogP contribution in [-0.2, 0) is 13.5 Å². The molecule has 0 aliphatic carbocycles. The quantitative estimate of drug-likeness (QED) is 0.803. The summed E-state index contributed by atoms with van der Waals surface area (Å²) in [6, 6.07) is 3.40. The molecule has 0 radical (unpaired) electrons. The second-order valence-corrected chi connectivity index (χ2v) is 5.47. The van der Waals surface area contributed by atoms with Gasteiger partial charge in [0.1, 0.15) is 0 Å². The molecule has 0 amide bonds. The molecule has 2 rings (SSSR count). The Kier molecular flexibility index (Phi) is 5.20. The third kappa shape index (κ3) is 4.42. The molecule has 2 atom stereocenters. The third-order valence-electron chi connectivity index (χ3n) is 3.69. The van der Waals surface area contributed by atoms with E-state index in [0.717, 1.165) is 19.0 Å². The highest BCUT2D eigenvalue weighted by Crippen LogP contribution is 2.11. The molecule has 1 aliphatic rings. The number of aromatic nitrogens is 2. The topological polar surface area (TPSA) is 41.9 Å². The summed E-state index contributed by atoms with van der Waals surface area (Å²) in [5.41, 5.74) is 1.17. The van der Waals surface area contributed by atoms with Gasteiger partial charge in [-0.2, -0.15) is 5.10 Å². The van der Waals surface area contributed by atoms with Crippen molar-refractivity contribution in [2.24, 2.45) is 7.05 Å². The molecule has 2 unspecified atom stereocenters. The van der Waals surface area contributed by atoms with Crippen molar-refractivity contribution in [3.8, 4) is 0 Å². The van der Waals surface area contributed by atoms with Crippen LogP contribution < -0.4 is 10.6 Å². The van der Waals surface area contributed by atoms with E-state index in [1.165, 1.54) is 37.9 Å². The van der Waals surface area contributed by atoms with Crippen molar-refractivity contribution in [3.05, 3.63) is 18.0 Å². The van der Waals surface area contributed by atoms with Crippen molar-refractivity contribution in [2.45, 2.75) is 51.1 Å². The monoisotopic (exact) mass is 250 g/mol. The first kappa shape index (κ1) is 13.6. The maximum atomic E-state index is 4.39. The predicted octanol–water partition coefficient (Wildman–Crippen LogP) is 1.47. The van der Waals surface area contributed by atoms with Crippen LogP contribution in [0, 0.1) is 0 Å². The number of nitrogens with zero attached hydrogens (tertiary/aromatic N) is 2. The molecule has 1 aliphatic heterocycles. The zero-order chi connectivity index (χ0) is 12.8. The van der Waals surface area contributed by atoms with Gasteiger partial charge in [0.15, 0.2) is 0 Å². The largest absolute Gasteiger partial charge is 0.314 e. The minimum atomic E-state index is 0.587. The minimum Gasteiger partial charge on any atom is -0.314 e. The van der Waals surface area contributed by atoms with E-state index in [-0.39, 0.29) is 0 Å². The van der Waals surface area contributed by atoms with Gasteiger partial charge < -0.3 is 10.6 Å². The summed E-state index contributed by atoms with van der Waals surface area (Å²) in [6.07, 6.45) is 8.33. The molecule has 4 nitrogen and oxygen atoms in total. The molecule has 2 N–H and O–H groups in total. The SMILES string of the molecule is CC(CC1CCCCN1)NCCc1ccn(C)n1. The number of hydrogen-bond donors (Lipinski definition) is 2. The Morgan fingerprint density at radius 3 is 3.11 bits per heavy atom. The Morgan fingerprint density at radius 1 is 1.56 bits per heavy atom. The van der Waals surface area contributed by atoms with E-state index in [1.54, 1.807) is 0 Å². The van der Waals surface area contributed by atoms with Gasteiger partial charge in [0.25, 0.3) is 0 Å². The summed E-state index contributed by atoms with van der Waals surface area (Å²) in [5.74, 6) is 0. The fourth-order valence-electron chi connectivity index (χ4n) is 2.68. The molecule has 0 aromatic carbocycles. The standard InChI is InChI=1S/C14H26N4/c1-12(11-14-5-3-4-8-16-14)15-9-6-13-7-10-18(2)17-13/h7,10,12,14-16H,3-6,8-9,11H2,1-2H3. The van der Waals surface area contributed by atoms with Gasteiger partial charge in [0.2, 0.25) is 0 Å². The van der Waals surface area contributed by atoms with Crippen molar-refractivity contribution in [1.29, 1.82) is 0 Å². The highest BCUT2D eigenvalue weighted by atomic mass is 15.2.